The second-order valence-electron chi connectivity index (χ2n) is 6.86. The summed E-state index contributed by atoms with van der Waals surface area (Å²) in [5.74, 6) is 2.31. The van der Waals surface area contributed by atoms with Gasteiger partial charge in [-0.1, -0.05) is 0 Å². The highest BCUT2D eigenvalue weighted by Gasteiger charge is 2.24. The molecule has 0 bridgehead atoms. The summed E-state index contributed by atoms with van der Waals surface area (Å²) in [5.41, 5.74) is 0. The van der Waals surface area contributed by atoms with Crippen molar-refractivity contribution in [3.05, 3.63) is 34.9 Å². The highest BCUT2D eigenvalue weighted by molar-refractivity contribution is 7.71. The summed E-state index contributed by atoms with van der Waals surface area (Å²) in [6.07, 6.45) is 2.18. The van der Waals surface area contributed by atoms with Crippen LogP contribution in [-0.2, 0) is 25.1 Å². The second kappa shape index (κ2) is 8.53. The molecule has 3 rings (SSSR count). The molecule has 9 heteroatoms. The fourth-order valence-corrected chi connectivity index (χ4v) is 2.88. The smallest absolute Gasteiger partial charge is 0.275 e. The van der Waals surface area contributed by atoms with E-state index < -0.39 is 0 Å². The van der Waals surface area contributed by atoms with E-state index in [-0.39, 0.29) is 5.91 Å². The molecule has 8 nitrogen and oxygen atoms in total. The number of ether oxygens (including phenoxy) is 2. The van der Waals surface area contributed by atoms with Gasteiger partial charge in [0.2, 0.25) is 4.77 Å². The predicted molar refractivity (Wildman–Crippen MR) is 102 cm³/mol. The number of rotatable bonds is 9. The molecule has 1 aromatic carbocycles. The minimum absolute atomic E-state index is 0.0699. The van der Waals surface area contributed by atoms with E-state index in [4.69, 9.17) is 21.7 Å². The molecular formula is C18H26N5O3S+. The number of hydrogen-bond acceptors (Lipinski definition) is 5. The zero-order valence-corrected chi connectivity index (χ0v) is 16.7. The Bertz CT molecular complexity index is 842. The molecule has 1 aliphatic carbocycles. The van der Waals surface area contributed by atoms with Crippen molar-refractivity contribution in [3.63, 3.8) is 0 Å². The number of nitrogens with one attached hydrogen (secondary N) is 2. The fourth-order valence-electron chi connectivity index (χ4n) is 2.67. The third-order valence-corrected chi connectivity index (χ3v) is 4.87. The molecule has 27 heavy (non-hydrogen) atoms. The quantitative estimate of drug-likeness (QED) is 0.600. The van der Waals surface area contributed by atoms with Crippen LogP contribution in [0.3, 0.4) is 0 Å². The van der Waals surface area contributed by atoms with Gasteiger partial charge in [-0.25, -0.2) is 0 Å². The lowest BCUT2D eigenvalue weighted by atomic mass is 10.3. The van der Waals surface area contributed by atoms with Crippen LogP contribution in [0.25, 0.3) is 0 Å². The van der Waals surface area contributed by atoms with Gasteiger partial charge >= 0.3 is 0 Å². The predicted octanol–water partition coefficient (Wildman–Crippen LogP) is 0.289. The van der Waals surface area contributed by atoms with Crippen molar-refractivity contribution in [3.8, 4) is 11.5 Å². The third-order valence-electron chi connectivity index (χ3n) is 4.38. The Kier molecular flexibility index (Phi) is 6.12. The van der Waals surface area contributed by atoms with Gasteiger partial charge in [0.25, 0.3) is 5.91 Å². The molecule has 1 atom stereocenters. The van der Waals surface area contributed by atoms with Crippen molar-refractivity contribution in [1.82, 2.24) is 19.7 Å². The average Bonchev–Trinajstić information content (AvgIpc) is 3.42. The first-order valence-electron chi connectivity index (χ1n) is 8.96. The number of likely N-dealkylation sites (N-methyl/N-ethyl adjacent to an activating group) is 1. The van der Waals surface area contributed by atoms with Crippen molar-refractivity contribution in [2.45, 2.75) is 32.2 Å². The highest BCUT2D eigenvalue weighted by atomic mass is 32.1. The van der Waals surface area contributed by atoms with Gasteiger partial charge in [-0.15, -0.1) is 5.10 Å². The van der Waals surface area contributed by atoms with Crippen molar-refractivity contribution in [2.75, 3.05) is 20.7 Å². The second-order valence-corrected chi connectivity index (χ2v) is 7.22. The molecule has 1 heterocycles. The van der Waals surface area contributed by atoms with Crippen LogP contribution in [0, 0.1) is 4.77 Å². The molecule has 0 aliphatic heterocycles. The fraction of sp³-hybridized carbons (Fsp3) is 0.500. The topological polar surface area (TPSA) is 74.8 Å². The summed E-state index contributed by atoms with van der Waals surface area (Å²) < 4.78 is 15.1. The Morgan fingerprint density at radius 3 is 2.63 bits per heavy atom. The van der Waals surface area contributed by atoms with E-state index in [0.717, 1.165) is 35.1 Å². The summed E-state index contributed by atoms with van der Waals surface area (Å²) in [4.78, 5) is 13.0. The number of amides is 1. The Hall–Kier alpha value is -2.39. The van der Waals surface area contributed by atoms with E-state index >= 15 is 0 Å². The van der Waals surface area contributed by atoms with Crippen molar-refractivity contribution in [2.24, 2.45) is 7.05 Å². The largest absolute Gasteiger partial charge is 0.497 e. The molecule has 1 fully saturated rings. The van der Waals surface area contributed by atoms with Crippen LogP contribution in [0.4, 0.5) is 0 Å². The maximum atomic E-state index is 11.9. The number of carbonyl (C=O) groups excluding carboxylic acids is 1. The molecule has 146 valence electrons. The summed E-state index contributed by atoms with van der Waals surface area (Å²) in [6.45, 7) is 1.22. The first kappa shape index (κ1) is 19.4. The molecule has 1 amide bonds. The highest BCUT2D eigenvalue weighted by Crippen LogP contribution is 2.18. The van der Waals surface area contributed by atoms with E-state index in [2.05, 4.69) is 10.4 Å². The summed E-state index contributed by atoms with van der Waals surface area (Å²) in [6, 6.07) is 7.76. The zero-order valence-electron chi connectivity index (χ0n) is 15.9. The number of aromatic nitrogens is 3. The van der Waals surface area contributed by atoms with Crippen LogP contribution in [0.1, 0.15) is 18.7 Å². The Morgan fingerprint density at radius 1 is 1.33 bits per heavy atom. The van der Waals surface area contributed by atoms with Gasteiger partial charge in [-0.05, 0) is 49.3 Å². The van der Waals surface area contributed by atoms with Gasteiger partial charge in [0.15, 0.2) is 19.0 Å². The van der Waals surface area contributed by atoms with Crippen LogP contribution < -0.4 is 19.7 Å². The number of benzene rings is 1. The van der Waals surface area contributed by atoms with Gasteiger partial charge < -0.3 is 24.3 Å². The Labute approximate surface area is 163 Å². The summed E-state index contributed by atoms with van der Waals surface area (Å²) in [7, 11) is 5.45. The van der Waals surface area contributed by atoms with E-state index in [9.17, 15) is 4.79 Å². The SMILES string of the molecule is COc1ccc(OCc2nn(C[NH+](C)CC(=O)NC3CC3)c(=S)n2C)cc1. The van der Waals surface area contributed by atoms with Gasteiger partial charge in [0.05, 0.1) is 14.2 Å². The van der Waals surface area contributed by atoms with Crippen LogP contribution in [-0.4, -0.2) is 47.0 Å². The minimum Gasteiger partial charge on any atom is -0.497 e. The molecule has 0 saturated heterocycles. The van der Waals surface area contributed by atoms with Gasteiger partial charge in [0.1, 0.15) is 18.1 Å². The lowest BCUT2D eigenvalue weighted by Gasteiger charge is -2.13. The molecule has 0 spiro atoms. The van der Waals surface area contributed by atoms with Crippen molar-refractivity contribution in [1.29, 1.82) is 0 Å². The van der Waals surface area contributed by atoms with Crippen molar-refractivity contribution < 1.29 is 19.2 Å². The maximum Gasteiger partial charge on any atom is 0.275 e. The lowest BCUT2D eigenvalue weighted by molar-refractivity contribution is -0.895. The monoisotopic (exact) mass is 392 g/mol. The van der Waals surface area contributed by atoms with Crippen molar-refractivity contribution >= 4 is 18.1 Å². The zero-order chi connectivity index (χ0) is 19.4. The van der Waals surface area contributed by atoms with E-state index in [1.165, 1.54) is 0 Å². The molecule has 1 aromatic heterocycles. The first-order valence-corrected chi connectivity index (χ1v) is 9.37. The number of nitrogens with zero attached hydrogens (tertiary/aromatic N) is 3. The molecule has 1 aliphatic rings. The summed E-state index contributed by atoms with van der Waals surface area (Å²) >= 11 is 5.47. The first-order chi connectivity index (χ1) is 13.0. The van der Waals surface area contributed by atoms with Crippen LogP contribution >= 0.6 is 12.2 Å². The number of quaternary nitrogens is 1. The number of methoxy groups -OCH3 is 1. The molecule has 1 saturated carbocycles. The van der Waals surface area contributed by atoms with E-state index in [1.54, 1.807) is 11.8 Å². The molecule has 2 N–H and O–H groups in total. The molecule has 0 radical (unpaired) electrons. The maximum absolute atomic E-state index is 11.9. The normalized spacial score (nSPS) is 14.6. The van der Waals surface area contributed by atoms with Gasteiger partial charge in [-0.2, -0.15) is 4.68 Å². The Morgan fingerprint density at radius 2 is 2.00 bits per heavy atom. The minimum atomic E-state index is 0.0699. The molecule has 1 unspecified atom stereocenters. The molecular weight excluding hydrogens is 366 g/mol. The van der Waals surface area contributed by atoms with Gasteiger partial charge in [-0.3, -0.25) is 4.79 Å². The van der Waals surface area contributed by atoms with Crippen LogP contribution in [0.15, 0.2) is 24.3 Å². The standard InChI is InChI=1S/C18H25N5O3S/c1-21(10-17(24)19-13-4-5-13)12-23-18(27)22(2)16(20-23)11-26-15-8-6-14(25-3)7-9-15/h6-9,13H,4-5,10-12H2,1-3H3,(H,19,24)/p+1. The average molecular weight is 393 g/mol. The summed E-state index contributed by atoms with van der Waals surface area (Å²) in [5, 5.41) is 7.55. The third kappa shape index (κ3) is 5.30. The van der Waals surface area contributed by atoms with Crippen LogP contribution in [0.2, 0.25) is 0 Å². The lowest BCUT2D eigenvalue weighted by Crippen LogP contribution is -3.09. The Balaban J connectivity index is 1.57. The number of carbonyl (C=O) groups is 1. The van der Waals surface area contributed by atoms with Crippen LogP contribution in [0.5, 0.6) is 11.5 Å². The molecule has 2 aromatic rings. The van der Waals surface area contributed by atoms with E-state index in [0.29, 0.717) is 30.6 Å². The van der Waals surface area contributed by atoms with Gasteiger partial charge in [0, 0.05) is 13.1 Å². The number of hydrogen-bond donors (Lipinski definition) is 2. The van der Waals surface area contributed by atoms with E-state index in [1.807, 2.05) is 42.9 Å².